The molecule has 2 rings (SSSR count). The summed E-state index contributed by atoms with van der Waals surface area (Å²) in [7, 11) is 0. The van der Waals surface area contributed by atoms with Crippen molar-refractivity contribution in [3.05, 3.63) is 12.4 Å². The Morgan fingerprint density at radius 1 is 1.33 bits per heavy atom. The second-order valence-electron chi connectivity index (χ2n) is 4.20. The first-order chi connectivity index (χ1) is 7.34. The molecule has 0 atom stereocenters. The van der Waals surface area contributed by atoms with Gasteiger partial charge in [0.05, 0.1) is 12.4 Å². The molecule has 4 nitrogen and oxygen atoms in total. The normalized spacial score (nSPS) is 16.8. The van der Waals surface area contributed by atoms with Crippen molar-refractivity contribution in [2.75, 3.05) is 17.6 Å². The molecular formula is C11H18N4. The molecule has 1 aliphatic rings. The second kappa shape index (κ2) is 4.96. The summed E-state index contributed by atoms with van der Waals surface area (Å²) in [4.78, 5) is 8.13. The van der Waals surface area contributed by atoms with Crippen molar-refractivity contribution in [2.24, 2.45) is 5.92 Å². The molecule has 0 bridgehead atoms. The molecule has 1 heterocycles. The van der Waals surface area contributed by atoms with Crippen molar-refractivity contribution < 1.29 is 0 Å². The molecular weight excluding hydrogens is 188 g/mol. The molecule has 0 spiro atoms. The van der Waals surface area contributed by atoms with Gasteiger partial charge in [0.2, 0.25) is 0 Å². The SMILES string of the molecule is Nc1cncc(NCCC2CCCC2)n1. The summed E-state index contributed by atoms with van der Waals surface area (Å²) in [5.41, 5.74) is 5.54. The Morgan fingerprint density at radius 2 is 2.13 bits per heavy atom. The Morgan fingerprint density at radius 3 is 2.87 bits per heavy atom. The molecule has 0 amide bonds. The molecule has 0 radical (unpaired) electrons. The van der Waals surface area contributed by atoms with Crippen LogP contribution in [0.15, 0.2) is 12.4 Å². The van der Waals surface area contributed by atoms with Gasteiger partial charge in [0.25, 0.3) is 0 Å². The number of nitrogen functional groups attached to an aromatic ring is 1. The van der Waals surface area contributed by atoms with E-state index in [1.807, 2.05) is 0 Å². The van der Waals surface area contributed by atoms with Crippen molar-refractivity contribution in [1.82, 2.24) is 9.97 Å². The average Bonchev–Trinajstić information content (AvgIpc) is 2.71. The Kier molecular flexibility index (Phi) is 3.37. The van der Waals surface area contributed by atoms with Gasteiger partial charge >= 0.3 is 0 Å². The van der Waals surface area contributed by atoms with Gasteiger partial charge in [-0.3, -0.25) is 4.98 Å². The highest BCUT2D eigenvalue weighted by Crippen LogP contribution is 2.27. The minimum atomic E-state index is 0.473. The van der Waals surface area contributed by atoms with Crippen LogP contribution in [0.25, 0.3) is 0 Å². The predicted molar refractivity (Wildman–Crippen MR) is 61.5 cm³/mol. The van der Waals surface area contributed by atoms with Gasteiger partial charge < -0.3 is 11.1 Å². The van der Waals surface area contributed by atoms with Crippen LogP contribution < -0.4 is 11.1 Å². The maximum Gasteiger partial charge on any atom is 0.146 e. The van der Waals surface area contributed by atoms with E-state index in [4.69, 9.17) is 5.73 Å². The Labute approximate surface area is 90.3 Å². The number of nitrogens with one attached hydrogen (secondary N) is 1. The van der Waals surface area contributed by atoms with Gasteiger partial charge in [-0.05, 0) is 12.3 Å². The smallest absolute Gasteiger partial charge is 0.146 e. The maximum atomic E-state index is 5.54. The first-order valence-electron chi connectivity index (χ1n) is 5.66. The summed E-state index contributed by atoms with van der Waals surface area (Å²) in [5, 5.41) is 3.26. The number of rotatable bonds is 4. The summed E-state index contributed by atoms with van der Waals surface area (Å²) in [6.07, 6.45) is 10.1. The largest absolute Gasteiger partial charge is 0.382 e. The minimum absolute atomic E-state index is 0.473. The van der Waals surface area contributed by atoms with E-state index >= 15 is 0 Å². The Hall–Kier alpha value is -1.32. The summed E-state index contributed by atoms with van der Waals surface area (Å²) in [6.45, 7) is 0.975. The lowest BCUT2D eigenvalue weighted by Gasteiger charge is -2.09. The van der Waals surface area contributed by atoms with Gasteiger partial charge in [-0.2, -0.15) is 0 Å². The number of hydrogen-bond acceptors (Lipinski definition) is 4. The highest BCUT2D eigenvalue weighted by atomic mass is 15.0. The van der Waals surface area contributed by atoms with Crippen LogP contribution in [0.1, 0.15) is 32.1 Å². The molecule has 0 aliphatic heterocycles. The van der Waals surface area contributed by atoms with Crippen LogP contribution in [0.5, 0.6) is 0 Å². The van der Waals surface area contributed by atoms with Crippen LogP contribution in [0.4, 0.5) is 11.6 Å². The van der Waals surface area contributed by atoms with Crippen molar-refractivity contribution in [2.45, 2.75) is 32.1 Å². The topological polar surface area (TPSA) is 63.8 Å². The van der Waals surface area contributed by atoms with Crippen LogP contribution >= 0.6 is 0 Å². The third-order valence-corrected chi connectivity index (χ3v) is 2.99. The van der Waals surface area contributed by atoms with Crippen LogP contribution in [-0.4, -0.2) is 16.5 Å². The van der Waals surface area contributed by atoms with Crippen molar-refractivity contribution in [3.8, 4) is 0 Å². The van der Waals surface area contributed by atoms with E-state index < -0.39 is 0 Å². The van der Waals surface area contributed by atoms with Gasteiger partial charge in [-0.25, -0.2) is 4.98 Å². The van der Waals surface area contributed by atoms with Crippen LogP contribution in [0.3, 0.4) is 0 Å². The number of nitrogens with zero attached hydrogens (tertiary/aromatic N) is 2. The fourth-order valence-corrected chi connectivity index (χ4v) is 2.17. The molecule has 3 N–H and O–H groups in total. The van der Waals surface area contributed by atoms with Gasteiger partial charge in [0.15, 0.2) is 0 Å². The third kappa shape index (κ3) is 3.08. The molecule has 0 saturated heterocycles. The van der Waals surface area contributed by atoms with Crippen LogP contribution in [0.2, 0.25) is 0 Å². The number of nitrogens with two attached hydrogens (primary N) is 1. The average molecular weight is 206 g/mol. The van der Waals surface area contributed by atoms with E-state index in [-0.39, 0.29) is 0 Å². The Bertz CT molecular complexity index is 307. The van der Waals surface area contributed by atoms with E-state index in [0.717, 1.165) is 18.3 Å². The monoisotopic (exact) mass is 206 g/mol. The van der Waals surface area contributed by atoms with Crippen molar-refractivity contribution in [3.63, 3.8) is 0 Å². The number of aromatic nitrogens is 2. The van der Waals surface area contributed by atoms with E-state index in [1.165, 1.54) is 32.1 Å². The molecule has 0 unspecified atom stereocenters. The minimum Gasteiger partial charge on any atom is -0.382 e. The Balaban J connectivity index is 1.73. The van der Waals surface area contributed by atoms with Crippen LogP contribution in [-0.2, 0) is 0 Å². The summed E-state index contributed by atoms with van der Waals surface area (Å²) < 4.78 is 0. The van der Waals surface area contributed by atoms with E-state index in [1.54, 1.807) is 12.4 Å². The van der Waals surface area contributed by atoms with Gasteiger partial charge in [-0.1, -0.05) is 25.7 Å². The molecule has 1 fully saturated rings. The quantitative estimate of drug-likeness (QED) is 0.791. The number of anilines is 2. The zero-order chi connectivity index (χ0) is 10.5. The highest BCUT2D eigenvalue weighted by molar-refractivity contribution is 5.38. The van der Waals surface area contributed by atoms with E-state index in [9.17, 15) is 0 Å². The molecule has 15 heavy (non-hydrogen) atoms. The lowest BCUT2D eigenvalue weighted by Crippen LogP contribution is -2.08. The van der Waals surface area contributed by atoms with Crippen molar-refractivity contribution >= 4 is 11.6 Å². The van der Waals surface area contributed by atoms with Gasteiger partial charge in [-0.15, -0.1) is 0 Å². The molecule has 82 valence electrons. The lowest BCUT2D eigenvalue weighted by molar-refractivity contribution is 0.518. The summed E-state index contributed by atoms with van der Waals surface area (Å²) in [5.74, 6) is 2.17. The summed E-state index contributed by atoms with van der Waals surface area (Å²) in [6, 6.07) is 0. The molecule has 1 aliphatic carbocycles. The molecule has 1 saturated carbocycles. The number of hydrogen-bond donors (Lipinski definition) is 2. The molecule has 4 heteroatoms. The van der Waals surface area contributed by atoms with Gasteiger partial charge in [0.1, 0.15) is 11.6 Å². The molecule has 1 aromatic heterocycles. The fraction of sp³-hybridized carbons (Fsp3) is 0.636. The van der Waals surface area contributed by atoms with Crippen LogP contribution in [0, 0.1) is 5.92 Å². The van der Waals surface area contributed by atoms with Gasteiger partial charge in [0, 0.05) is 6.54 Å². The maximum absolute atomic E-state index is 5.54. The highest BCUT2D eigenvalue weighted by Gasteiger charge is 2.13. The summed E-state index contributed by atoms with van der Waals surface area (Å²) >= 11 is 0. The molecule has 0 aromatic carbocycles. The standard InChI is InChI=1S/C11H18N4/c12-10-7-13-8-11(15-10)14-6-5-9-3-1-2-4-9/h7-9H,1-6H2,(H3,12,14,15). The van der Waals surface area contributed by atoms with Crippen molar-refractivity contribution in [1.29, 1.82) is 0 Å². The predicted octanol–water partition coefficient (Wildman–Crippen LogP) is 2.05. The van der Waals surface area contributed by atoms with E-state index in [0.29, 0.717) is 5.82 Å². The first kappa shape index (κ1) is 10.2. The van der Waals surface area contributed by atoms with E-state index in [2.05, 4.69) is 15.3 Å². The molecule has 1 aromatic rings. The third-order valence-electron chi connectivity index (χ3n) is 2.99. The first-order valence-corrected chi connectivity index (χ1v) is 5.66. The zero-order valence-corrected chi connectivity index (χ0v) is 8.95. The zero-order valence-electron chi connectivity index (χ0n) is 8.95. The second-order valence-corrected chi connectivity index (χ2v) is 4.20. The lowest BCUT2D eigenvalue weighted by atomic mass is 10.0. The fourth-order valence-electron chi connectivity index (χ4n) is 2.17.